The van der Waals surface area contributed by atoms with Crippen molar-refractivity contribution in [3.8, 4) is 0 Å². The molecule has 0 aliphatic carbocycles. The van der Waals surface area contributed by atoms with Crippen molar-refractivity contribution in [3.63, 3.8) is 0 Å². The lowest BCUT2D eigenvalue weighted by Gasteiger charge is -2.46. The van der Waals surface area contributed by atoms with Crippen LogP contribution in [0.5, 0.6) is 0 Å². The summed E-state index contributed by atoms with van der Waals surface area (Å²) >= 11 is 0. The van der Waals surface area contributed by atoms with Crippen LogP contribution in [0.1, 0.15) is 18.0 Å². The highest BCUT2D eigenvalue weighted by atomic mass is 19.2. The first-order valence-electron chi connectivity index (χ1n) is 6.98. The average Bonchev–Trinajstić information content (AvgIpc) is 2.51. The van der Waals surface area contributed by atoms with Crippen LogP contribution in [0.15, 0.2) is 24.3 Å². The summed E-state index contributed by atoms with van der Waals surface area (Å²) in [6.07, 6.45) is 2.27. The minimum Gasteiger partial charge on any atom is -0.465 e. The first-order valence-corrected chi connectivity index (χ1v) is 6.98. The van der Waals surface area contributed by atoms with E-state index in [4.69, 9.17) is 0 Å². The van der Waals surface area contributed by atoms with E-state index >= 15 is 0 Å². The maximum atomic E-state index is 13.5. The molecule has 122 valence electrons. The Morgan fingerprint density at radius 3 is 2.43 bits per heavy atom. The Balaban J connectivity index is 2.04. The van der Waals surface area contributed by atoms with Crippen LogP contribution in [0.2, 0.25) is 0 Å². The lowest BCUT2D eigenvalue weighted by molar-refractivity contribution is -0.138. The van der Waals surface area contributed by atoms with Gasteiger partial charge in [0.1, 0.15) is 0 Å². The fourth-order valence-electron chi connectivity index (χ4n) is 3.05. The number of rotatable bonds is 1. The summed E-state index contributed by atoms with van der Waals surface area (Å²) in [5, 5.41) is 9.20. The van der Waals surface area contributed by atoms with Gasteiger partial charge in [0.25, 0.3) is 0 Å². The van der Waals surface area contributed by atoms with Crippen molar-refractivity contribution in [2.45, 2.75) is 18.5 Å². The topological polar surface area (TPSA) is 60.9 Å². The zero-order chi connectivity index (χ0) is 16.7. The van der Waals surface area contributed by atoms with E-state index in [0.29, 0.717) is 0 Å². The number of piperazine rings is 1. The molecule has 1 aromatic carbocycles. The fraction of sp³-hybridized carbons (Fsp3) is 0.333. The number of hydrogen-bond acceptors (Lipinski definition) is 2. The number of carbonyl (C=O) groups excluding carboxylic acids is 1. The second-order valence-electron chi connectivity index (χ2n) is 5.50. The zero-order valence-electron chi connectivity index (χ0n) is 11.9. The molecule has 2 aliphatic rings. The Hall–Kier alpha value is -2.51. The monoisotopic (exact) mass is 326 g/mol. The number of fused-ring (bicyclic) bond motifs is 1. The fourth-order valence-corrected chi connectivity index (χ4v) is 3.05. The van der Waals surface area contributed by atoms with Crippen LogP contribution in [0.4, 0.5) is 18.0 Å². The van der Waals surface area contributed by atoms with E-state index in [0.717, 1.165) is 17.0 Å². The van der Waals surface area contributed by atoms with Crippen molar-refractivity contribution >= 4 is 12.0 Å². The maximum Gasteiger partial charge on any atom is 0.407 e. The highest BCUT2D eigenvalue weighted by molar-refractivity contribution is 5.80. The van der Waals surface area contributed by atoms with Crippen molar-refractivity contribution in [3.05, 3.63) is 47.3 Å². The summed E-state index contributed by atoms with van der Waals surface area (Å²) in [4.78, 5) is 25.9. The Labute approximate surface area is 129 Å². The number of hydrogen-bond donors (Lipinski definition) is 1. The third kappa shape index (κ3) is 2.64. The smallest absolute Gasteiger partial charge is 0.407 e. The third-order valence-corrected chi connectivity index (χ3v) is 4.09. The van der Waals surface area contributed by atoms with Gasteiger partial charge in [-0.2, -0.15) is 0 Å². The van der Waals surface area contributed by atoms with E-state index in [9.17, 15) is 27.9 Å². The first kappa shape index (κ1) is 15.4. The highest BCUT2D eigenvalue weighted by Gasteiger charge is 2.40. The van der Waals surface area contributed by atoms with Gasteiger partial charge in [-0.25, -0.2) is 18.0 Å². The number of amides is 2. The van der Waals surface area contributed by atoms with Gasteiger partial charge in [0, 0.05) is 19.5 Å². The number of halogens is 3. The summed E-state index contributed by atoms with van der Waals surface area (Å²) < 4.78 is 40.2. The molecule has 5 nitrogen and oxygen atoms in total. The van der Waals surface area contributed by atoms with E-state index in [1.54, 1.807) is 12.2 Å². The van der Waals surface area contributed by atoms with Crippen LogP contribution in [0, 0.1) is 17.5 Å². The molecule has 8 heteroatoms. The summed E-state index contributed by atoms with van der Waals surface area (Å²) in [6.45, 7) is -0.0455. The maximum absolute atomic E-state index is 13.5. The minimum absolute atomic E-state index is 0.0287. The molecule has 2 amide bonds. The normalized spacial score (nSPS) is 23.9. The molecule has 1 aromatic rings. The van der Waals surface area contributed by atoms with Gasteiger partial charge < -0.3 is 14.9 Å². The standard InChI is InChI=1S/C15H13F3N2O3/c16-10-4-8(5-11(17)14(10)18)12-7-19(15(22)23)6-9-2-1-3-13(21)20(9)12/h1-2,4-5,9,12H,3,6-7H2,(H,22,23). The molecule has 3 rings (SSSR count). The molecule has 0 bridgehead atoms. The van der Waals surface area contributed by atoms with E-state index in [1.807, 2.05) is 0 Å². The largest absolute Gasteiger partial charge is 0.465 e. The zero-order valence-corrected chi connectivity index (χ0v) is 11.9. The lowest BCUT2D eigenvalue weighted by Crippen LogP contribution is -2.58. The van der Waals surface area contributed by atoms with Gasteiger partial charge in [0.2, 0.25) is 5.91 Å². The lowest BCUT2D eigenvalue weighted by atomic mass is 9.95. The molecule has 0 radical (unpaired) electrons. The van der Waals surface area contributed by atoms with Crippen molar-refractivity contribution in [1.29, 1.82) is 0 Å². The van der Waals surface area contributed by atoms with Crippen molar-refractivity contribution in [1.82, 2.24) is 9.80 Å². The molecular formula is C15H13F3N2O3. The van der Waals surface area contributed by atoms with Crippen LogP contribution in [0.25, 0.3) is 0 Å². The molecule has 2 unspecified atom stereocenters. The quantitative estimate of drug-likeness (QED) is 0.636. The van der Waals surface area contributed by atoms with Gasteiger partial charge in [-0.05, 0) is 17.7 Å². The number of benzene rings is 1. The SMILES string of the molecule is O=C(O)N1CC2C=CCC(=O)N2C(c2cc(F)c(F)c(F)c2)C1. The van der Waals surface area contributed by atoms with Crippen LogP contribution in [-0.2, 0) is 4.79 Å². The molecule has 0 saturated carbocycles. The van der Waals surface area contributed by atoms with Crippen molar-refractivity contribution in [2.75, 3.05) is 13.1 Å². The van der Waals surface area contributed by atoms with Crippen molar-refractivity contribution in [2.24, 2.45) is 0 Å². The van der Waals surface area contributed by atoms with Gasteiger partial charge >= 0.3 is 6.09 Å². The predicted molar refractivity (Wildman–Crippen MR) is 73.0 cm³/mol. The number of nitrogens with zero attached hydrogens (tertiary/aromatic N) is 2. The highest BCUT2D eigenvalue weighted by Crippen LogP contribution is 2.33. The minimum atomic E-state index is -1.60. The molecule has 2 heterocycles. The number of carbonyl (C=O) groups is 2. The molecule has 1 saturated heterocycles. The Kier molecular flexibility index (Phi) is 3.75. The van der Waals surface area contributed by atoms with Gasteiger partial charge in [-0.1, -0.05) is 12.2 Å². The molecule has 0 spiro atoms. The van der Waals surface area contributed by atoms with Gasteiger partial charge in [-0.3, -0.25) is 4.79 Å². The van der Waals surface area contributed by atoms with Crippen LogP contribution in [-0.4, -0.2) is 46.0 Å². The van der Waals surface area contributed by atoms with Crippen LogP contribution >= 0.6 is 0 Å². The second-order valence-corrected chi connectivity index (χ2v) is 5.50. The van der Waals surface area contributed by atoms with Crippen LogP contribution in [0.3, 0.4) is 0 Å². The molecule has 1 N–H and O–H groups in total. The van der Waals surface area contributed by atoms with E-state index < -0.39 is 35.6 Å². The first-order chi connectivity index (χ1) is 10.9. The van der Waals surface area contributed by atoms with Crippen LogP contribution < -0.4 is 0 Å². The molecule has 1 fully saturated rings. The van der Waals surface area contributed by atoms with Gasteiger partial charge in [0.15, 0.2) is 17.5 Å². The molecular weight excluding hydrogens is 313 g/mol. The molecule has 0 aromatic heterocycles. The summed E-state index contributed by atoms with van der Waals surface area (Å²) in [5.41, 5.74) is 0.0287. The second kappa shape index (κ2) is 5.60. The number of carboxylic acid groups (broad SMARTS) is 1. The predicted octanol–water partition coefficient (Wildman–Crippen LogP) is 2.30. The molecule has 2 atom stereocenters. The Bertz CT molecular complexity index is 684. The van der Waals surface area contributed by atoms with Crippen molar-refractivity contribution < 1.29 is 27.9 Å². The summed E-state index contributed by atoms with van der Waals surface area (Å²) in [7, 11) is 0. The van der Waals surface area contributed by atoms with E-state index in [2.05, 4.69) is 0 Å². The third-order valence-electron chi connectivity index (χ3n) is 4.09. The molecule has 23 heavy (non-hydrogen) atoms. The Morgan fingerprint density at radius 2 is 1.83 bits per heavy atom. The summed E-state index contributed by atoms with van der Waals surface area (Å²) in [6, 6.07) is 0.225. The average molecular weight is 326 g/mol. The van der Waals surface area contributed by atoms with Gasteiger partial charge in [0.05, 0.1) is 12.1 Å². The van der Waals surface area contributed by atoms with E-state index in [1.165, 1.54) is 4.90 Å². The van der Waals surface area contributed by atoms with E-state index in [-0.39, 0.29) is 31.0 Å². The molecule has 2 aliphatic heterocycles. The summed E-state index contributed by atoms with van der Waals surface area (Å²) in [5.74, 6) is -4.60. The van der Waals surface area contributed by atoms with Gasteiger partial charge in [-0.15, -0.1) is 0 Å². The Morgan fingerprint density at radius 1 is 1.17 bits per heavy atom.